The number of pyridine rings is 1. The number of methoxy groups -OCH3 is 1. The zero-order chi connectivity index (χ0) is 13.7. The van der Waals surface area contributed by atoms with Crippen LogP contribution in [0.25, 0.3) is 0 Å². The summed E-state index contributed by atoms with van der Waals surface area (Å²) in [6.45, 7) is 0. The summed E-state index contributed by atoms with van der Waals surface area (Å²) in [6, 6.07) is 9.50. The molecule has 1 aromatic heterocycles. The molecule has 0 bridgehead atoms. The second-order valence-electron chi connectivity index (χ2n) is 4.23. The Kier molecular flexibility index (Phi) is 4.23. The van der Waals surface area contributed by atoms with Gasteiger partial charge < -0.3 is 4.74 Å². The van der Waals surface area contributed by atoms with Gasteiger partial charge in [-0.2, -0.15) is 0 Å². The molecule has 0 radical (unpaired) electrons. The molecule has 0 atom stereocenters. The van der Waals surface area contributed by atoms with Crippen LogP contribution in [0.5, 0.6) is 5.88 Å². The van der Waals surface area contributed by atoms with Crippen LogP contribution < -0.4 is 4.74 Å². The quantitative estimate of drug-likeness (QED) is 0.828. The van der Waals surface area contributed by atoms with Crippen LogP contribution in [0.3, 0.4) is 0 Å². The lowest BCUT2D eigenvalue weighted by molar-refractivity contribution is -0.117. The van der Waals surface area contributed by atoms with Crippen molar-refractivity contribution in [2.24, 2.45) is 0 Å². The van der Waals surface area contributed by atoms with Crippen LogP contribution in [-0.4, -0.2) is 17.9 Å². The Labute approximate surface area is 111 Å². The van der Waals surface area contributed by atoms with E-state index in [1.165, 1.54) is 12.1 Å². The number of halogens is 1. The van der Waals surface area contributed by atoms with Crippen LogP contribution in [-0.2, 0) is 17.6 Å². The Morgan fingerprint density at radius 2 is 1.74 bits per heavy atom. The Hall–Kier alpha value is -2.23. The molecule has 2 aromatic rings. The zero-order valence-corrected chi connectivity index (χ0v) is 10.6. The highest BCUT2D eigenvalue weighted by Gasteiger charge is 2.06. The van der Waals surface area contributed by atoms with Gasteiger partial charge in [-0.05, 0) is 23.3 Å². The van der Waals surface area contributed by atoms with Gasteiger partial charge in [0, 0.05) is 25.1 Å². The van der Waals surface area contributed by atoms with Gasteiger partial charge >= 0.3 is 0 Å². The van der Waals surface area contributed by atoms with Gasteiger partial charge in [-0.25, -0.2) is 9.37 Å². The Balaban J connectivity index is 1.95. The van der Waals surface area contributed by atoms with Gasteiger partial charge in [0.05, 0.1) is 7.11 Å². The average molecular weight is 259 g/mol. The molecule has 0 saturated carbocycles. The molecule has 3 nitrogen and oxygen atoms in total. The minimum Gasteiger partial charge on any atom is -0.481 e. The highest BCUT2D eigenvalue weighted by molar-refractivity contribution is 5.83. The molecule has 0 saturated heterocycles. The summed E-state index contributed by atoms with van der Waals surface area (Å²) in [5.74, 6) is 0.295. The molecule has 1 aromatic carbocycles. The zero-order valence-electron chi connectivity index (χ0n) is 10.6. The van der Waals surface area contributed by atoms with E-state index >= 15 is 0 Å². The molecule has 0 N–H and O–H groups in total. The van der Waals surface area contributed by atoms with Gasteiger partial charge in [-0.1, -0.05) is 18.2 Å². The van der Waals surface area contributed by atoms with E-state index in [1.54, 1.807) is 31.5 Å². The maximum atomic E-state index is 12.7. The number of aromatic nitrogens is 1. The van der Waals surface area contributed by atoms with E-state index in [1.807, 2.05) is 6.07 Å². The Morgan fingerprint density at radius 1 is 1.11 bits per heavy atom. The molecule has 0 aliphatic heterocycles. The van der Waals surface area contributed by atoms with Crippen molar-refractivity contribution in [2.45, 2.75) is 12.8 Å². The highest BCUT2D eigenvalue weighted by atomic mass is 19.1. The fraction of sp³-hybridized carbons (Fsp3) is 0.200. The molecule has 0 aliphatic rings. The largest absolute Gasteiger partial charge is 0.481 e. The number of benzene rings is 1. The van der Waals surface area contributed by atoms with Crippen molar-refractivity contribution in [2.75, 3.05) is 7.11 Å². The SMILES string of the molecule is COc1ccc(CC(=O)Cc2ccc(F)cc2)cn1. The highest BCUT2D eigenvalue weighted by Crippen LogP contribution is 2.09. The van der Waals surface area contributed by atoms with Crippen LogP contribution in [0.4, 0.5) is 4.39 Å². The predicted octanol–water partition coefficient (Wildman–Crippen LogP) is 2.58. The average Bonchev–Trinajstić information content (AvgIpc) is 2.42. The van der Waals surface area contributed by atoms with Gasteiger partial charge in [0.1, 0.15) is 11.6 Å². The molecular weight excluding hydrogens is 245 g/mol. The third-order valence-electron chi connectivity index (χ3n) is 2.72. The lowest BCUT2D eigenvalue weighted by Crippen LogP contribution is -2.07. The van der Waals surface area contributed by atoms with Crippen molar-refractivity contribution < 1.29 is 13.9 Å². The van der Waals surface area contributed by atoms with Crippen LogP contribution >= 0.6 is 0 Å². The molecule has 1 heterocycles. The summed E-state index contributed by atoms with van der Waals surface area (Å²) < 4.78 is 17.7. The number of rotatable bonds is 5. The molecule has 19 heavy (non-hydrogen) atoms. The molecule has 0 aliphatic carbocycles. The van der Waals surface area contributed by atoms with Gasteiger partial charge in [-0.3, -0.25) is 4.79 Å². The first-order valence-corrected chi connectivity index (χ1v) is 5.92. The summed E-state index contributed by atoms with van der Waals surface area (Å²) in [7, 11) is 1.54. The number of hydrogen-bond acceptors (Lipinski definition) is 3. The lowest BCUT2D eigenvalue weighted by Gasteiger charge is -2.03. The second kappa shape index (κ2) is 6.09. The molecule has 0 unspecified atom stereocenters. The van der Waals surface area contributed by atoms with Crippen LogP contribution in [0.1, 0.15) is 11.1 Å². The van der Waals surface area contributed by atoms with Crippen LogP contribution in [0.2, 0.25) is 0 Å². The molecule has 4 heteroatoms. The number of ether oxygens (including phenoxy) is 1. The molecule has 0 spiro atoms. The normalized spacial score (nSPS) is 10.2. The topological polar surface area (TPSA) is 39.2 Å². The first-order valence-electron chi connectivity index (χ1n) is 5.92. The molecule has 2 rings (SSSR count). The predicted molar refractivity (Wildman–Crippen MR) is 69.6 cm³/mol. The molecule has 0 fully saturated rings. The molecular formula is C15H14FNO2. The molecule has 0 amide bonds. The van der Waals surface area contributed by atoms with E-state index < -0.39 is 0 Å². The van der Waals surface area contributed by atoms with E-state index in [-0.39, 0.29) is 11.6 Å². The maximum absolute atomic E-state index is 12.7. The molecule has 98 valence electrons. The van der Waals surface area contributed by atoms with Crippen LogP contribution in [0.15, 0.2) is 42.6 Å². The number of hydrogen-bond donors (Lipinski definition) is 0. The summed E-state index contributed by atoms with van der Waals surface area (Å²) in [5.41, 5.74) is 1.65. The smallest absolute Gasteiger partial charge is 0.212 e. The Morgan fingerprint density at radius 3 is 2.32 bits per heavy atom. The number of carbonyl (C=O) groups is 1. The first kappa shape index (κ1) is 13.2. The van der Waals surface area contributed by atoms with E-state index in [0.29, 0.717) is 18.7 Å². The number of carbonyl (C=O) groups excluding carboxylic acids is 1. The van der Waals surface area contributed by atoms with Crippen LogP contribution in [0, 0.1) is 5.82 Å². The van der Waals surface area contributed by atoms with Crippen molar-refractivity contribution >= 4 is 5.78 Å². The maximum Gasteiger partial charge on any atom is 0.212 e. The Bertz CT molecular complexity index is 549. The van der Waals surface area contributed by atoms with E-state index in [9.17, 15) is 9.18 Å². The monoisotopic (exact) mass is 259 g/mol. The van der Waals surface area contributed by atoms with Crippen molar-refractivity contribution in [3.8, 4) is 5.88 Å². The van der Waals surface area contributed by atoms with Gasteiger partial charge in [0.15, 0.2) is 0 Å². The standard InChI is InChI=1S/C15H14FNO2/c1-19-15-7-4-12(10-17-15)9-14(18)8-11-2-5-13(16)6-3-11/h2-7,10H,8-9H2,1H3. The summed E-state index contributed by atoms with van der Waals surface area (Å²) in [6.07, 6.45) is 2.24. The van der Waals surface area contributed by atoms with E-state index in [4.69, 9.17) is 4.74 Å². The summed E-state index contributed by atoms with van der Waals surface area (Å²) >= 11 is 0. The third-order valence-corrected chi connectivity index (χ3v) is 2.72. The minimum absolute atomic E-state index is 0.0681. The minimum atomic E-state index is -0.296. The summed E-state index contributed by atoms with van der Waals surface area (Å²) in [5, 5.41) is 0. The fourth-order valence-electron chi connectivity index (χ4n) is 1.76. The van der Waals surface area contributed by atoms with Crippen molar-refractivity contribution in [1.29, 1.82) is 0 Å². The number of ketones is 1. The van der Waals surface area contributed by atoms with Gasteiger partial charge in [-0.15, -0.1) is 0 Å². The van der Waals surface area contributed by atoms with Crippen molar-refractivity contribution in [3.63, 3.8) is 0 Å². The van der Waals surface area contributed by atoms with E-state index in [2.05, 4.69) is 4.98 Å². The van der Waals surface area contributed by atoms with Crippen molar-refractivity contribution in [1.82, 2.24) is 4.98 Å². The third kappa shape index (κ3) is 3.88. The fourth-order valence-corrected chi connectivity index (χ4v) is 1.76. The summed E-state index contributed by atoms with van der Waals surface area (Å²) in [4.78, 5) is 15.9. The van der Waals surface area contributed by atoms with E-state index in [0.717, 1.165) is 11.1 Å². The van der Waals surface area contributed by atoms with Gasteiger partial charge in [0.2, 0.25) is 5.88 Å². The second-order valence-corrected chi connectivity index (χ2v) is 4.23. The number of nitrogens with zero attached hydrogens (tertiary/aromatic N) is 1. The first-order chi connectivity index (χ1) is 9.17. The van der Waals surface area contributed by atoms with Crippen molar-refractivity contribution in [3.05, 3.63) is 59.5 Å². The number of Topliss-reactive ketones (excluding diaryl/α,β-unsaturated/α-hetero) is 1. The lowest BCUT2D eigenvalue weighted by atomic mass is 10.0. The van der Waals surface area contributed by atoms with Gasteiger partial charge in [0.25, 0.3) is 0 Å².